The zero-order valence-electron chi connectivity index (χ0n) is 9.34. The Morgan fingerprint density at radius 3 is 2.67 bits per heavy atom. The summed E-state index contributed by atoms with van der Waals surface area (Å²) in [5.74, 6) is 1.08. The van der Waals surface area contributed by atoms with Gasteiger partial charge in [-0.25, -0.2) is 4.79 Å². The molecule has 0 aliphatic carbocycles. The Morgan fingerprint density at radius 2 is 2.00 bits per heavy atom. The Balaban J connectivity index is 2.05. The van der Waals surface area contributed by atoms with E-state index in [0.29, 0.717) is 42.4 Å². The van der Waals surface area contributed by atoms with Crippen molar-refractivity contribution in [2.24, 2.45) is 0 Å². The molecule has 0 atom stereocenters. The number of nitrogens with one attached hydrogen (secondary N) is 1. The van der Waals surface area contributed by atoms with Crippen molar-refractivity contribution in [3.05, 3.63) is 12.1 Å². The van der Waals surface area contributed by atoms with Gasteiger partial charge in [0, 0.05) is 12.1 Å². The van der Waals surface area contributed by atoms with E-state index in [0.717, 1.165) is 0 Å². The lowest BCUT2D eigenvalue weighted by Gasteiger charge is -2.17. The van der Waals surface area contributed by atoms with Gasteiger partial charge in [-0.1, -0.05) is 0 Å². The Morgan fingerprint density at radius 1 is 1.22 bits per heavy atom. The van der Waals surface area contributed by atoms with E-state index in [2.05, 4.69) is 5.32 Å². The van der Waals surface area contributed by atoms with Gasteiger partial charge in [-0.2, -0.15) is 0 Å². The van der Waals surface area contributed by atoms with Crippen LogP contribution in [-0.4, -0.2) is 32.4 Å². The maximum atomic E-state index is 11.5. The van der Waals surface area contributed by atoms with Crippen molar-refractivity contribution in [2.45, 2.75) is 0 Å². The van der Waals surface area contributed by atoms with Gasteiger partial charge in [-0.15, -0.1) is 0 Å². The van der Waals surface area contributed by atoms with Gasteiger partial charge < -0.3 is 19.5 Å². The summed E-state index contributed by atoms with van der Waals surface area (Å²) in [4.78, 5) is 23.6. The Labute approximate surface area is 102 Å². The molecule has 2 heterocycles. The van der Waals surface area contributed by atoms with Crippen molar-refractivity contribution in [3.63, 3.8) is 0 Å². The molecular weight excluding hydrogens is 240 g/mol. The first-order valence-electron chi connectivity index (χ1n) is 5.38. The summed E-state index contributed by atoms with van der Waals surface area (Å²) in [5, 5.41) is 2.54. The third-order valence-corrected chi connectivity index (χ3v) is 2.76. The SMILES string of the molecule is O=CNc1cc2c(cc1N1CCOC1=O)OCO2. The van der Waals surface area contributed by atoms with E-state index in [1.54, 1.807) is 12.1 Å². The molecule has 0 spiro atoms. The van der Waals surface area contributed by atoms with Crippen molar-refractivity contribution < 1.29 is 23.8 Å². The highest BCUT2D eigenvalue weighted by atomic mass is 16.7. The molecule has 1 fully saturated rings. The Hall–Kier alpha value is -2.44. The fourth-order valence-electron chi connectivity index (χ4n) is 1.95. The van der Waals surface area contributed by atoms with Crippen molar-refractivity contribution in [2.75, 3.05) is 30.2 Å². The number of hydrogen-bond donors (Lipinski definition) is 1. The van der Waals surface area contributed by atoms with Crippen LogP contribution in [0, 0.1) is 0 Å². The molecule has 0 bridgehead atoms. The molecule has 7 nitrogen and oxygen atoms in total. The summed E-state index contributed by atoms with van der Waals surface area (Å²) in [5.41, 5.74) is 1.02. The van der Waals surface area contributed by atoms with Gasteiger partial charge in [0.25, 0.3) is 0 Å². The smallest absolute Gasteiger partial charge is 0.414 e. The van der Waals surface area contributed by atoms with Crippen LogP contribution in [0.1, 0.15) is 0 Å². The number of rotatable bonds is 3. The maximum absolute atomic E-state index is 11.5. The van der Waals surface area contributed by atoms with E-state index in [4.69, 9.17) is 14.2 Å². The minimum absolute atomic E-state index is 0.129. The second kappa shape index (κ2) is 4.10. The number of nitrogens with zero attached hydrogens (tertiary/aromatic N) is 1. The van der Waals surface area contributed by atoms with Crippen LogP contribution in [0.2, 0.25) is 0 Å². The van der Waals surface area contributed by atoms with Crippen LogP contribution in [0.15, 0.2) is 12.1 Å². The highest BCUT2D eigenvalue weighted by Crippen LogP contribution is 2.41. The highest BCUT2D eigenvalue weighted by Gasteiger charge is 2.28. The van der Waals surface area contributed by atoms with Crippen LogP contribution in [0.25, 0.3) is 0 Å². The van der Waals surface area contributed by atoms with Crippen molar-refractivity contribution in [1.82, 2.24) is 0 Å². The predicted molar refractivity (Wildman–Crippen MR) is 60.9 cm³/mol. The number of hydrogen-bond acceptors (Lipinski definition) is 5. The quantitative estimate of drug-likeness (QED) is 0.808. The third kappa shape index (κ3) is 1.60. The first-order chi connectivity index (χ1) is 8.79. The molecule has 0 saturated carbocycles. The first-order valence-corrected chi connectivity index (χ1v) is 5.38. The van der Waals surface area contributed by atoms with Gasteiger partial charge in [0.1, 0.15) is 6.61 Å². The molecule has 1 N–H and O–H groups in total. The lowest BCUT2D eigenvalue weighted by molar-refractivity contribution is -0.105. The van der Waals surface area contributed by atoms with E-state index in [1.165, 1.54) is 4.90 Å². The van der Waals surface area contributed by atoms with Crippen LogP contribution < -0.4 is 19.7 Å². The number of carbonyl (C=O) groups excluding carboxylic acids is 2. The van der Waals surface area contributed by atoms with Crippen LogP contribution in [0.5, 0.6) is 11.5 Å². The molecule has 94 valence electrons. The first kappa shape index (κ1) is 10.7. The summed E-state index contributed by atoms with van der Waals surface area (Å²) in [7, 11) is 0. The minimum atomic E-state index is -0.442. The molecule has 0 radical (unpaired) electrons. The topological polar surface area (TPSA) is 77.1 Å². The van der Waals surface area contributed by atoms with Gasteiger partial charge in [0.2, 0.25) is 13.2 Å². The monoisotopic (exact) mass is 250 g/mol. The molecule has 2 aliphatic heterocycles. The summed E-state index contributed by atoms with van der Waals surface area (Å²) < 4.78 is 15.3. The third-order valence-electron chi connectivity index (χ3n) is 2.76. The maximum Gasteiger partial charge on any atom is 0.414 e. The second-order valence-corrected chi connectivity index (χ2v) is 3.75. The molecule has 7 heteroatoms. The normalized spacial score (nSPS) is 16.7. The molecule has 3 rings (SSSR count). The number of carbonyl (C=O) groups is 2. The summed E-state index contributed by atoms with van der Waals surface area (Å²) in [6.07, 6.45) is 0.102. The molecule has 18 heavy (non-hydrogen) atoms. The van der Waals surface area contributed by atoms with Gasteiger partial charge in [0.05, 0.1) is 17.9 Å². The van der Waals surface area contributed by atoms with Crippen molar-refractivity contribution in [1.29, 1.82) is 0 Å². The largest absolute Gasteiger partial charge is 0.454 e. The van der Waals surface area contributed by atoms with Crippen LogP contribution >= 0.6 is 0 Å². The summed E-state index contributed by atoms with van der Waals surface area (Å²) in [6, 6.07) is 3.28. The highest BCUT2D eigenvalue weighted by molar-refractivity contribution is 5.96. The summed E-state index contributed by atoms with van der Waals surface area (Å²) >= 11 is 0. The molecule has 1 saturated heterocycles. The van der Waals surface area contributed by atoms with Crippen LogP contribution in [0.4, 0.5) is 16.2 Å². The van der Waals surface area contributed by atoms with Gasteiger partial charge >= 0.3 is 6.09 Å². The molecule has 1 aromatic carbocycles. The van der Waals surface area contributed by atoms with E-state index in [1.807, 2.05) is 0 Å². The van der Waals surface area contributed by atoms with Gasteiger partial charge in [-0.05, 0) is 0 Å². The Bertz CT molecular complexity index is 516. The minimum Gasteiger partial charge on any atom is -0.454 e. The zero-order chi connectivity index (χ0) is 12.5. The lowest BCUT2D eigenvalue weighted by atomic mass is 10.2. The number of fused-ring (bicyclic) bond motifs is 1. The van der Waals surface area contributed by atoms with Crippen LogP contribution in [-0.2, 0) is 9.53 Å². The van der Waals surface area contributed by atoms with Gasteiger partial charge in [-0.3, -0.25) is 9.69 Å². The number of ether oxygens (including phenoxy) is 3. The molecule has 2 amide bonds. The van der Waals surface area contributed by atoms with E-state index in [-0.39, 0.29) is 6.79 Å². The fraction of sp³-hybridized carbons (Fsp3) is 0.273. The van der Waals surface area contributed by atoms with Crippen molar-refractivity contribution in [3.8, 4) is 11.5 Å². The van der Waals surface area contributed by atoms with E-state index >= 15 is 0 Å². The standard InChI is InChI=1S/C11H10N2O5/c14-5-12-7-3-9-10(18-6-17-9)4-8(7)13-1-2-16-11(13)15/h3-5H,1-2,6H2,(H,12,14). The molecule has 1 aromatic rings. The van der Waals surface area contributed by atoms with Gasteiger partial charge in [0.15, 0.2) is 11.5 Å². The molecule has 0 aromatic heterocycles. The number of benzene rings is 1. The average molecular weight is 250 g/mol. The lowest BCUT2D eigenvalue weighted by Crippen LogP contribution is -2.24. The molecular formula is C11H10N2O5. The Kier molecular flexibility index (Phi) is 2.44. The second-order valence-electron chi connectivity index (χ2n) is 3.75. The average Bonchev–Trinajstić information content (AvgIpc) is 2.96. The molecule has 2 aliphatic rings. The summed E-state index contributed by atoms with van der Waals surface area (Å²) in [6.45, 7) is 0.892. The number of amides is 2. The van der Waals surface area contributed by atoms with E-state index < -0.39 is 6.09 Å². The number of cyclic esters (lactones) is 1. The van der Waals surface area contributed by atoms with Crippen LogP contribution in [0.3, 0.4) is 0 Å². The molecule has 0 unspecified atom stereocenters. The van der Waals surface area contributed by atoms with E-state index in [9.17, 15) is 9.59 Å². The number of anilines is 2. The van der Waals surface area contributed by atoms with Crippen molar-refractivity contribution >= 4 is 23.9 Å². The predicted octanol–water partition coefficient (Wildman–Crippen LogP) is 0.940. The fourth-order valence-corrected chi connectivity index (χ4v) is 1.95. The zero-order valence-corrected chi connectivity index (χ0v) is 9.34.